The van der Waals surface area contributed by atoms with Crippen LogP contribution in [0.3, 0.4) is 0 Å². The molecule has 2 aliphatic heterocycles. The van der Waals surface area contributed by atoms with E-state index in [0.29, 0.717) is 22.4 Å². The summed E-state index contributed by atoms with van der Waals surface area (Å²) >= 11 is 12.2. The first-order chi connectivity index (χ1) is 47.3. The van der Waals surface area contributed by atoms with Crippen molar-refractivity contribution in [2.75, 3.05) is 37.6 Å². The Hall–Kier alpha value is -9.32. The number of carbonyl (C=O) groups is 10. The second-order valence-electron chi connectivity index (χ2n) is 25.4. The third-order valence-electron chi connectivity index (χ3n) is 15.8. The van der Waals surface area contributed by atoms with E-state index in [9.17, 15) is 63.3 Å². The molecule has 0 saturated carbocycles. The number of nitrogens with two attached hydrogens (primary N) is 1. The monoisotopic (exact) mass is 1460 g/mol. The number of amides is 2. The number of anilines is 2. The van der Waals surface area contributed by atoms with Crippen molar-refractivity contribution in [2.45, 2.75) is 179 Å². The van der Waals surface area contributed by atoms with Gasteiger partial charge in [-0.05, 0) is 103 Å². The molecule has 546 valence electrons. The number of alkyl halides is 2. The van der Waals surface area contributed by atoms with E-state index >= 15 is 8.78 Å². The number of carbonyl (C=O) groups excluding carboxylic acids is 7. The molecule has 6 heterocycles. The van der Waals surface area contributed by atoms with Crippen LogP contribution in [0.25, 0.3) is 22.3 Å². The molecule has 0 bridgehead atoms. The number of aliphatic hydroxyl groups excluding tert-OH is 1. The summed E-state index contributed by atoms with van der Waals surface area (Å²) in [5.41, 5.74) is -0.256. The molecule has 0 spiro atoms. The number of aromatic nitrogens is 8. The minimum Gasteiger partial charge on any atom is -0.481 e. The zero-order chi connectivity index (χ0) is 74.8. The van der Waals surface area contributed by atoms with Gasteiger partial charge >= 0.3 is 42.0 Å². The number of fused-ring (bicyclic) bond motifs is 2. The van der Waals surface area contributed by atoms with Crippen molar-refractivity contribution in [3.63, 3.8) is 0 Å². The molecular formula is C65H76Cl2F2N10O22. The fourth-order valence-electron chi connectivity index (χ4n) is 10.5. The number of hydrogen-bond donors (Lipinski definition) is 5. The van der Waals surface area contributed by atoms with Gasteiger partial charge in [0.15, 0.2) is 70.6 Å². The van der Waals surface area contributed by atoms with Gasteiger partial charge in [-0.3, -0.25) is 33.1 Å². The summed E-state index contributed by atoms with van der Waals surface area (Å²) in [7, 11) is 1.27. The first-order valence-corrected chi connectivity index (χ1v) is 32.2. The first-order valence-electron chi connectivity index (χ1n) is 31.4. The van der Waals surface area contributed by atoms with Gasteiger partial charge in [0.2, 0.25) is 16.2 Å². The SMILES string of the molecule is CCOC(=O)C(Cc1ccc(C(=O)CCCC(=O)OC)cc1)(OC[C@H]1O[C@@H](n2cnc3c(N(C(=O)OC(C)(C)C)C(=O)OC(C)(C)C)nc(Cl)nc32)[C@@H](F)[C@@H]1C)C(C)=O.Nc1nc(Cl)nc2c1ncn2[C@@H]1O[C@H](COC(Cc2ccc(C(=O)CCCC(=O)O)cc2)(C(=O)O)C(=O)O)[C@@H](O)[C@@H]1F. The molecule has 0 aliphatic carbocycles. The van der Waals surface area contributed by atoms with E-state index in [1.807, 2.05) is 0 Å². The number of hydrogen-bond acceptors (Lipinski definition) is 26. The lowest BCUT2D eigenvalue weighted by atomic mass is 9.89. The van der Waals surface area contributed by atoms with E-state index in [0.717, 1.165) is 10.9 Å². The summed E-state index contributed by atoms with van der Waals surface area (Å²) in [5, 5.41) is 38.3. The van der Waals surface area contributed by atoms with Gasteiger partial charge in [0.25, 0.3) is 5.60 Å². The van der Waals surface area contributed by atoms with Crippen molar-refractivity contribution in [2.24, 2.45) is 5.92 Å². The minimum absolute atomic E-state index is 0.00292. The number of carboxylic acid groups (broad SMARTS) is 3. The predicted molar refractivity (Wildman–Crippen MR) is 349 cm³/mol. The second-order valence-corrected chi connectivity index (χ2v) is 26.1. The van der Waals surface area contributed by atoms with Crippen LogP contribution in [0.2, 0.25) is 10.6 Å². The summed E-state index contributed by atoms with van der Waals surface area (Å²) in [6.45, 7) is 12.6. The van der Waals surface area contributed by atoms with E-state index in [-0.39, 0.29) is 107 Å². The van der Waals surface area contributed by atoms with Crippen molar-refractivity contribution in [1.29, 1.82) is 0 Å². The number of aliphatic hydroxyl groups is 1. The van der Waals surface area contributed by atoms with Crippen LogP contribution in [0.1, 0.15) is 145 Å². The summed E-state index contributed by atoms with van der Waals surface area (Å²) < 4.78 is 77.8. The first kappa shape index (κ1) is 79.0. The quantitative estimate of drug-likeness (QED) is 0.0102. The fourth-order valence-corrected chi connectivity index (χ4v) is 10.9. The Morgan fingerprint density at radius 2 is 1.10 bits per heavy atom. The van der Waals surface area contributed by atoms with Crippen LogP contribution < -0.4 is 10.6 Å². The fraction of sp³-hybridized carbons (Fsp3) is 0.508. The maximum Gasteiger partial charge on any atom is 0.425 e. The number of methoxy groups -OCH3 is 1. The number of halogens is 4. The molecule has 6 aromatic rings. The number of nitrogens with zero attached hydrogens (tertiary/aromatic N) is 9. The number of benzene rings is 2. The molecule has 4 aromatic heterocycles. The van der Waals surface area contributed by atoms with Gasteiger partial charge in [0.1, 0.15) is 28.9 Å². The number of nitrogen functional groups attached to an aromatic ring is 1. The van der Waals surface area contributed by atoms with Crippen LogP contribution in [0, 0.1) is 5.92 Å². The normalized spacial score (nSPS) is 19.7. The zero-order valence-corrected chi connectivity index (χ0v) is 57.9. The molecule has 2 aromatic carbocycles. The van der Waals surface area contributed by atoms with Crippen molar-refractivity contribution in [3.05, 3.63) is 94.0 Å². The number of carboxylic acids is 3. The van der Waals surface area contributed by atoms with E-state index in [1.54, 1.807) is 79.7 Å². The van der Waals surface area contributed by atoms with Gasteiger partial charge in [0, 0.05) is 55.6 Å². The lowest BCUT2D eigenvalue weighted by Gasteiger charge is -2.31. The number of imide groups is 1. The zero-order valence-electron chi connectivity index (χ0n) is 56.4. The Kier molecular flexibility index (Phi) is 25.8. The minimum atomic E-state index is -2.86. The van der Waals surface area contributed by atoms with Crippen molar-refractivity contribution in [3.8, 4) is 0 Å². The molecule has 2 saturated heterocycles. The highest BCUT2D eigenvalue weighted by Crippen LogP contribution is 2.41. The average molecular weight is 1460 g/mol. The Morgan fingerprint density at radius 3 is 1.58 bits per heavy atom. The molecule has 1 unspecified atom stereocenters. The molecule has 101 heavy (non-hydrogen) atoms. The van der Waals surface area contributed by atoms with E-state index < -0.39 is 144 Å². The molecule has 32 nitrogen and oxygen atoms in total. The summed E-state index contributed by atoms with van der Waals surface area (Å²) in [6, 6.07) is 11.6. The number of rotatable bonds is 28. The topological polar surface area (TPSA) is 442 Å². The van der Waals surface area contributed by atoms with Gasteiger partial charge in [0.05, 0.1) is 45.7 Å². The van der Waals surface area contributed by atoms with Gasteiger partial charge in [-0.15, -0.1) is 0 Å². The van der Waals surface area contributed by atoms with Crippen molar-refractivity contribution < 1.29 is 115 Å². The van der Waals surface area contributed by atoms with Crippen LogP contribution in [0.4, 0.5) is 30.0 Å². The third kappa shape index (κ3) is 19.0. The highest BCUT2D eigenvalue weighted by atomic mass is 35.5. The van der Waals surface area contributed by atoms with Gasteiger partial charge in [-0.2, -0.15) is 24.8 Å². The molecular weight excluding hydrogens is 1380 g/mol. The van der Waals surface area contributed by atoms with Crippen molar-refractivity contribution in [1.82, 2.24) is 39.0 Å². The Bertz CT molecular complexity index is 4030. The van der Waals surface area contributed by atoms with Crippen LogP contribution in [-0.4, -0.2) is 199 Å². The summed E-state index contributed by atoms with van der Waals surface area (Å²) in [6.07, 6.45) is -11.6. The maximum absolute atomic E-state index is 16.3. The highest BCUT2D eigenvalue weighted by Gasteiger charge is 2.53. The number of esters is 2. The van der Waals surface area contributed by atoms with Crippen LogP contribution in [0.15, 0.2) is 61.2 Å². The second kappa shape index (κ2) is 33.0. The summed E-state index contributed by atoms with van der Waals surface area (Å²) in [4.78, 5) is 150. The average Bonchev–Trinajstić information content (AvgIpc) is 1.63. The number of Topliss-reactive ketones (excluding diaryl/α,β-unsaturated/α-hetero) is 3. The number of imidazole rings is 2. The van der Waals surface area contributed by atoms with E-state index in [1.165, 1.54) is 49.2 Å². The van der Waals surface area contributed by atoms with E-state index in [4.69, 9.17) is 67.2 Å². The van der Waals surface area contributed by atoms with Gasteiger partial charge in [-0.1, -0.05) is 55.5 Å². The molecule has 6 N–H and O–H groups in total. The number of aliphatic carboxylic acids is 3. The maximum atomic E-state index is 16.3. The van der Waals surface area contributed by atoms with Gasteiger partial charge < -0.3 is 64.1 Å². The van der Waals surface area contributed by atoms with Gasteiger partial charge in [-0.25, -0.2) is 42.7 Å². The smallest absolute Gasteiger partial charge is 0.425 e. The lowest BCUT2D eigenvalue weighted by molar-refractivity contribution is -0.190. The Labute approximate surface area is 585 Å². The number of ether oxygens (including phenoxy) is 8. The standard InChI is InChI=1S/C40H51ClFN5O12.C25H25ClFN5O10/c1-11-55-34(51)40(23(3)48,19-24-15-17-25(18-16-24)26(49)13-12-14-28(50)54-10)56-20-27-22(2)29(42)33(57-27)46-21-43-30-31(46)44-35(41)45-32(30)47(36(52)58-38(4,5)6)37(53)59-39(7,8)9;26-24-30-19(28)17-20(31-24)32(10-29-17)21-16(27)18(36)14(42-21)9-41-25(22(37)38,23(39)40)8-11-4-6-12(7-5-11)13(33)2-1-3-15(34)35/h15-18,21-22,27,29,33H,11-14,19-20H2,1-10H3;4-7,10,14,16,18,21,36H,1-3,8-9H2,(H,34,35)(H,37,38)(H,39,40)(H2,28,30,31)/t22-,27-,29+,33-,40?;14-,16+,18-,21-/m11/s1. The lowest BCUT2D eigenvalue weighted by Crippen LogP contribution is -2.52. The molecule has 2 fully saturated rings. The predicted octanol–water partition coefficient (Wildman–Crippen LogP) is 7.97. The van der Waals surface area contributed by atoms with E-state index in [2.05, 4.69) is 34.6 Å². The third-order valence-corrected chi connectivity index (χ3v) is 16.1. The van der Waals surface area contributed by atoms with Crippen LogP contribution in [-0.2, 0) is 79.5 Å². The van der Waals surface area contributed by atoms with Crippen molar-refractivity contribution >= 4 is 117 Å². The Morgan fingerprint density at radius 1 is 0.644 bits per heavy atom. The molecule has 9 atom stereocenters. The molecule has 0 radical (unpaired) electrons. The molecule has 8 rings (SSSR count). The summed E-state index contributed by atoms with van der Waals surface area (Å²) in [5.74, 6) is -8.74. The Balaban J connectivity index is 0.000000299. The number of ketones is 3. The van der Waals surface area contributed by atoms with Crippen LogP contribution in [0.5, 0.6) is 0 Å². The molecule has 2 aliphatic rings. The molecule has 36 heteroatoms. The molecule has 2 amide bonds. The van der Waals surface area contributed by atoms with Crippen LogP contribution >= 0.6 is 23.2 Å². The highest BCUT2D eigenvalue weighted by molar-refractivity contribution is 6.29. The largest absolute Gasteiger partial charge is 0.481 e.